The highest BCUT2D eigenvalue weighted by atomic mass is 79.9. The van der Waals surface area contributed by atoms with Crippen LogP contribution in [0, 0.1) is 5.41 Å². The van der Waals surface area contributed by atoms with Gasteiger partial charge in [0.25, 0.3) is 0 Å². The molecule has 0 aliphatic heterocycles. The first kappa shape index (κ1) is 24.6. The average molecular weight is 668 g/mol. The number of fused-ring (bicyclic) bond motifs is 2. The van der Waals surface area contributed by atoms with Crippen LogP contribution in [-0.2, 0) is 5.41 Å². The van der Waals surface area contributed by atoms with Crippen molar-refractivity contribution in [3.8, 4) is 22.5 Å². The van der Waals surface area contributed by atoms with Crippen LogP contribution in [0.25, 0.3) is 32.4 Å². The summed E-state index contributed by atoms with van der Waals surface area (Å²) in [5, 5.41) is 12.4. The zero-order valence-electron chi connectivity index (χ0n) is 21.0. The molecule has 0 radical (unpaired) electrons. The minimum atomic E-state index is -0.0723. The highest BCUT2D eigenvalue weighted by Crippen LogP contribution is 2.61. The molecular weight excluding hydrogens is 644 g/mol. The normalized spacial score (nSPS) is 21.1. The van der Waals surface area contributed by atoms with E-state index in [1.54, 1.807) is 22.7 Å². The van der Waals surface area contributed by atoms with E-state index in [1.165, 1.54) is 0 Å². The molecule has 0 N–H and O–H groups in total. The molecule has 2 aromatic carbocycles. The molecule has 0 spiro atoms. The molecule has 0 amide bonds. The Labute approximate surface area is 245 Å². The quantitative estimate of drug-likeness (QED) is 0.189. The summed E-state index contributed by atoms with van der Waals surface area (Å²) in [7, 11) is 0. The van der Waals surface area contributed by atoms with Crippen molar-refractivity contribution in [3.63, 3.8) is 0 Å². The van der Waals surface area contributed by atoms with E-state index in [2.05, 4.69) is 76.9 Å². The fourth-order valence-corrected chi connectivity index (χ4v) is 8.57. The largest absolute Gasteiger partial charge is 0.217 e. The number of imidazole rings is 2. The first-order valence-corrected chi connectivity index (χ1v) is 15.7. The van der Waals surface area contributed by atoms with Gasteiger partial charge in [0, 0.05) is 31.4 Å². The molecule has 4 aromatic heterocycles. The molecule has 6 aromatic rings. The number of nitrogens with zero attached hydrogens (tertiary/aromatic N) is 6. The molecule has 38 heavy (non-hydrogen) atoms. The summed E-state index contributed by atoms with van der Waals surface area (Å²) in [6.07, 6.45) is 6.22. The van der Waals surface area contributed by atoms with E-state index in [-0.39, 0.29) is 10.8 Å². The maximum absolute atomic E-state index is 5.06. The van der Waals surface area contributed by atoms with Crippen molar-refractivity contribution in [2.45, 2.75) is 44.9 Å². The molecule has 10 heteroatoms. The van der Waals surface area contributed by atoms with E-state index in [0.29, 0.717) is 5.92 Å². The maximum Gasteiger partial charge on any atom is 0.212 e. The molecule has 0 unspecified atom stereocenters. The number of aromatic nitrogens is 6. The maximum atomic E-state index is 5.06. The van der Waals surface area contributed by atoms with Crippen LogP contribution in [0.3, 0.4) is 0 Å². The first-order chi connectivity index (χ1) is 18.2. The molecule has 0 bridgehead atoms. The Morgan fingerprint density at radius 3 is 1.82 bits per heavy atom. The number of hydrogen-bond acceptors (Lipinski definition) is 6. The van der Waals surface area contributed by atoms with Gasteiger partial charge >= 0.3 is 0 Å². The lowest BCUT2D eigenvalue weighted by Crippen LogP contribution is -2.37. The Kier molecular flexibility index (Phi) is 5.71. The minimum absolute atomic E-state index is 0.0260. The second-order valence-corrected chi connectivity index (χ2v) is 14.5. The molecule has 1 aliphatic carbocycles. The standard InChI is InChI=1S/C28H24Br2N6S2/c1-27(2)20(23-33-35-14-21(31-25(35)37-23)16-4-8-18(29)9-5-16)12-13-28(27,3)24-34-36-15-22(32-26(36)38-24)17-6-10-19(30)11-7-17/h4-11,14-15,20H,12-13H2,1-3H3/t20-,28+/m1/s1. The van der Waals surface area contributed by atoms with Crippen LogP contribution in [0.2, 0.25) is 0 Å². The molecule has 6 nitrogen and oxygen atoms in total. The summed E-state index contributed by atoms with van der Waals surface area (Å²) >= 11 is 10.4. The Hall–Kier alpha value is -2.40. The number of benzene rings is 2. The fraction of sp³-hybridized carbons (Fsp3) is 0.286. The summed E-state index contributed by atoms with van der Waals surface area (Å²) in [6.45, 7) is 7.12. The zero-order valence-corrected chi connectivity index (χ0v) is 25.8. The van der Waals surface area contributed by atoms with E-state index in [9.17, 15) is 0 Å². The van der Waals surface area contributed by atoms with Gasteiger partial charge in [-0.2, -0.15) is 10.2 Å². The lowest BCUT2D eigenvalue weighted by Gasteiger charge is -2.39. The van der Waals surface area contributed by atoms with Gasteiger partial charge in [-0.1, -0.05) is 99.6 Å². The fourth-order valence-electron chi connectivity index (χ4n) is 5.61. The predicted molar refractivity (Wildman–Crippen MR) is 161 cm³/mol. The van der Waals surface area contributed by atoms with Crippen LogP contribution in [0.5, 0.6) is 0 Å². The van der Waals surface area contributed by atoms with Gasteiger partial charge in [-0.3, -0.25) is 0 Å². The van der Waals surface area contributed by atoms with Crippen molar-refractivity contribution < 1.29 is 0 Å². The van der Waals surface area contributed by atoms with Gasteiger partial charge in [-0.05, 0) is 42.5 Å². The summed E-state index contributed by atoms with van der Waals surface area (Å²) < 4.78 is 6.03. The third kappa shape index (κ3) is 3.83. The van der Waals surface area contributed by atoms with Crippen molar-refractivity contribution in [3.05, 3.63) is 79.9 Å². The third-order valence-electron chi connectivity index (χ3n) is 8.38. The average Bonchev–Trinajstić information content (AvgIpc) is 3.66. The van der Waals surface area contributed by atoms with Crippen LogP contribution in [-0.4, -0.2) is 29.2 Å². The molecule has 192 valence electrons. The highest BCUT2D eigenvalue weighted by Gasteiger charge is 2.55. The third-order valence-corrected chi connectivity index (χ3v) is 11.7. The van der Waals surface area contributed by atoms with E-state index in [0.717, 1.165) is 64.2 Å². The van der Waals surface area contributed by atoms with Gasteiger partial charge in [-0.15, -0.1) is 0 Å². The number of halogens is 2. The number of hydrogen-bond donors (Lipinski definition) is 0. The summed E-state index contributed by atoms with van der Waals surface area (Å²) in [6, 6.07) is 16.5. The van der Waals surface area contributed by atoms with Crippen molar-refractivity contribution in [1.29, 1.82) is 0 Å². The van der Waals surface area contributed by atoms with Gasteiger partial charge in [0.15, 0.2) is 0 Å². The Bertz CT molecular complexity index is 1730. The van der Waals surface area contributed by atoms with Crippen molar-refractivity contribution >= 4 is 64.5 Å². The molecule has 2 atom stereocenters. The summed E-state index contributed by atoms with van der Waals surface area (Å²) in [5.41, 5.74) is 3.99. The summed E-state index contributed by atoms with van der Waals surface area (Å²) in [4.78, 5) is 11.7. The van der Waals surface area contributed by atoms with Gasteiger partial charge in [0.05, 0.1) is 23.8 Å². The molecule has 1 saturated carbocycles. The molecule has 7 rings (SSSR count). The Morgan fingerprint density at radius 1 is 0.763 bits per heavy atom. The Balaban J connectivity index is 1.18. The Morgan fingerprint density at radius 2 is 1.29 bits per heavy atom. The zero-order chi connectivity index (χ0) is 26.2. The van der Waals surface area contributed by atoms with E-state index in [1.807, 2.05) is 45.7 Å². The van der Waals surface area contributed by atoms with Gasteiger partial charge < -0.3 is 0 Å². The van der Waals surface area contributed by atoms with Crippen molar-refractivity contribution in [2.75, 3.05) is 0 Å². The first-order valence-electron chi connectivity index (χ1n) is 12.5. The predicted octanol–water partition coefficient (Wildman–Crippen LogP) is 8.62. The van der Waals surface area contributed by atoms with Crippen LogP contribution in [0.1, 0.15) is 49.5 Å². The van der Waals surface area contributed by atoms with Crippen LogP contribution < -0.4 is 0 Å². The second-order valence-electron chi connectivity index (χ2n) is 10.7. The SMILES string of the molecule is CC1(C)[C@@H](c2nn3cc(-c4ccc(Br)cc4)nc3s2)CC[C@@]1(C)c1nn2cc(-c3ccc(Br)cc3)nc2s1. The van der Waals surface area contributed by atoms with Crippen LogP contribution >= 0.6 is 54.5 Å². The highest BCUT2D eigenvalue weighted by molar-refractivity contribution is 9.10. The van der Waals surface area contributed by atoms with Crippen LogP contribution in [0.15, 0.2) is 69.9 Å². The van der Waals surface area contributed by atoms with Gasteiger partial charge in [0.1, 0.15) is 10.0 Å². The van der Waals surface area contributed by atoms with Crippen molar-refractivity contribution in [2.24, 2.45) is 5.41 Å². The van der Waals surface area contributed by atoms with Crippen molar-refractivity contribution in [1.82, 2.24) is 29.2 Å². The lowest BCUT2D eigenvalue weighted by molar-refractivity contribution is 0.198. The van der Waals surface area contributed by atoms with E-state index in [4.69, 9.17) is 20.2 Å². The van der Waals surface area contributed by atoms with Crippen LogP contribution in [0.4, 0.5) is 0 Å². The van der Waals surface area contributed by atoms with Gasteiger partial charge in [-0.25, -0.2) is 19.0 Å². The summed E-state index contributed by atoms with van der Waals surface area (Å²) in [5.74, 6) is 0.338. The minimum Gasteiger partial charge on any atom is -0.217 e. The van der Waals surface area contributed by atoms with E-state index < -0.39 is 0 Å². The molecule has 0 saturated heterocycles. The molecule has 4 heterocycles. The molecule has 1 aliphatic rings. The number of rotatable bonds is 4. The monoisotopic (exact) mass is 666 g/mol. The smallest absolute Gasteiger partial charge is 0.212 e. The lowest BCUT2D eigenvalue weighted by atomic mass is 9.66. The molecular formula is C28H24Br2N6S2. The van der Waals surface area contributed by atoms with Gasteiger partial charge in [0.2, 0.25) is 9.92 Å². The second kappa shape index (κ2) is 8.81. The van der Waals surface area contributed by atoms with E-state index >= 15 is 0 Å². The topological polar surface area (TPSA) is 60.4 Å². The molecule has 1 fully saturated rings.